The molecule has 0 bridgehead atoms. The first kappa shape index (κ1) is 11.9. The van der Waals surface area contributed by atoms with Crippen LogP contribution in [-0.4, -0.2) is 30.9 Å². The van der Waals surface area contributed by atoms with Crippen molar-refractivity contribution >= 4 is 10.0 Å². The molecular weight excluding hydrogens is 202 g/mol. The first-order valence-corrected chi connectivity index (χ1v) is 6.51. The lowest BCUT2D eigenvalue weighted by molar-refractivity contribution is 0.0190. The van der Waals surface area contributed by atoms with Gasteiger partial charge in [-0.1, -0.05) is 13.8 Å². The van der Waals surface area contributed by atoms with Crippen LogP contribution in [0.4, 0.5) is 0 Å². The number of hydrogen-bond donors (Lipinski definition) is 2. The Morgan fingerprint density at radius 2 is 2.00 bits per heavy atom. The fourth-order valence-electron chi connectivity index (χ4n) is 0.947. The van der Waals surface area contributed by atoms with Crippen LogP contribution in [0.15, 0.2) is 0 Å². The highest BCUT2D eigenvalue weighted by molar-refractivity contribution is 7.90. The van der Waals surface area contributed by atoms with E-state index in [4.69, 9.17) is 0 Å². The summed E-state index contributed by atoms with van der Waals surface area (Å²) in [6.45, 7) is 5.48. The molecule has 0 aliphatic heterocycles. The summed E-state index contributed by atoms with van der Waals surface area (Å²) in [5, 5.41) is 9.61. The van der Waals surface area contributed by atoms with Crippen molar-refractivity contribution in [1.82, 2.24) is 4.72 Å². The van der Waals surface area contributed by atoms with Gasteiger partial charge in [-0.25, -0.2) is 13.1 Å². The summed E-state index contributed by atoms with van der Waals surface area (Å²) < 4.78 is 25.3. The van der Waals surface area contributed by atoms with Crippen molar-refractivity contribution in [1.29, 1.82) is 0 Å². The fraction of sp³-hybridized carbons (Fsp3) is 1.00. The molecule has 2 N–H and O–H groups in total. The van der Waals surface area contributed by atoms with E-state index >= 15 is 0 Å². The molecule has 1 aliphatic carbocycles. The molecule has 1 rings (SSSR count). The van der Waals surface area contributed by atoms with Crippen LogP contribution in [0.1, 0.15) is 33.6 Å². The van der Waals surface area contributed by atoms with Gasteiger partial charge in [0.25, 0.3) is 0 Å². The molecular formula is C9H19NO3S. The van der Waals surface area contributed by atoms with E-state index in [2.05, 4.69) is 4.72 Å². The Kier molecular flexibility index (Phi) is 3.23. The largest absolute Gasteiger partial charge is 0.389 e. The zero-order valence-corrected chi connectivity index (χ0v) is 9.76. The van der Waals surface area contributed by atoms with Gasteiger partial charge in [-0.15, -0.1) is 0 Å². The molecule has 1 saturated carbocycles. The van der Waals surface area contributed by atoms with Gasteiger partial charge in [0, 0.05) is 6.54 Å². The monoisotopic (exact) mass is 221 g/mol. The van der Waals surface area contributed by atoms with Crippen LogP contribution in [0.5, 0.6) is 0 Å². The zero-order chi connectivity index (χ0) is 11.0. The maximum absolute atomic E-state index is 11.4. The minimum Gasteiger partial charge on any atom is -0.389 e. The summed E-state index contributed by atoms with van der Waals surface area (Å²) >= 11 is 0. The molecule has 0 radical (unpaired) electrons. The minimum absolute atomic E-state index is 0.0319. The predicted molar refractivity (Wildman–Crippen MR) is 55.4 cm³/mol. The van der Waals surface area contributed by atoms with E-state index in [1.54, 1.807) is 6.92 Å². The van der Waals surface area contributed by atoms with Crippen molar-refractivity contribution in [3.8, 4) is 0 Å². The standard InChI is InChI=1S/C9H19NO3S/c1-7(2)9(3,11)6-10-14(12,13)8-4-5-8/h7-8,10-11H,4-6H2,1-3H3. The third-order valence-corrected chi connectivity index (χ3v) is 4.73. The van der Waals surface area contributed by atoms with Gasteiger partial charge in [-0.05, 0) is 25.7 Å². The first-order chi connectivity index (χ1) is 6.26. The number of hydrogen-bond acceptors (Lipinski definition) is 3. The molecule has 14 heavy (non-hydrogen) atoms. The minimum atomic E-state index is -3.16. The summed E-state index contributed by atoms with van der Waals surface area (Å²) in [5.41, 5.74) is -0.970. The highest BCUT2D eigenvalue weighted by atomic mass is 32.2. The lowest BCUT2D eigenvalue weighted by Crippen LogP contribution is -2.45. The molecule has 0 spiro atoms. The third-order valence-electron chi connectivity index (χ3n) is 2.84. The summed E-state index contributed by atoms with van der Waals surface area (Å²) in [6, 6.07) is 0. The topological polar surface area (TPSA) is 66.4 Å². The van der Waals surface area contributed by atoms with Gasteiger partial charge in [-0.2, -0.15) is 0 Å². The van der Waals surface area contributed by atoms with Crippen LogP contribution >= 0.6 is 0 Å². The summed E-state index contributed by atoms with van der Waals surface area (Å²) in [5.74, 6) is 0.0319. The quantitative estimate of drug-likeness (QED) is 0.709. The number of aliphatic hydroxyl groups is 1. The molecule has 0 aromatic rings. The smallest absolute Gasteiger partial charge is 0.214 e. The molecule has 4 nitrogen and oxygen atoms in total. The molecule has 0 heterocycles. The lowest BCUT2D eigenvalue weighted by Gasteiger charge is -2.27. The van der Waals surface area contributed by atoms with E-state index in [9.17, 15) is 13.5 Å². The van der Waals surface area contributed by atoms with Gasteiger partial charge in [0.1, 0.15) is 0 Å². The lowest BCUT2D eigenvalue weighted by atomic mass is 9.93. The average molecular weight is 221 g/mol. The molecule has 1 unspecified atom stereocenters. The molecule has 5 heteroatoms. The number of sulfonamides is 1. The molecule has 84 valence electrons. The maximum Gasteiger partial charge on any atom is 0.214 e. The van der Waals surface area contributed by atoms with Crippen LogP contribution < -0.4 is 4.72 Å². The van der Waals surface area contributed by atoms with Crippen LogP contribution in [0, 0.1) is 5.92 Å². The summed E-state index contributed by atoms with van der Waals surface area (Å²) in [7, 11) is -3.16. The van der Waals surface area contributed by atoms with Crippen molar-refractivity contribution in [3.63, 3.8) is 0 Å². The van der Waals surface area contributed by atoms with Gasteiger partial charge >= 0.3 is 0 Å². The van der Waals surface area contributed by atoms with Gasteiger partial charge in [0.05, 0.1) is 10.9 Å². The molecule has 0 aromatic heterocycles. The SMILES string of the molecule is CC(C)C(C)(O)CNS(=O)(=O)C1CC1. The van der Waals surface area contributed by atoms with Crippen molar-refractivity contribution in [2.24, 2.45) is 5.92 Å². The molecule has 1 atom stereocenters. The van der Waals surface area contributed by atoms with Gasteiger partial charge in [0.15, 0.2) is 0 Å². The van der Waals surface area contributed by atoms with E-state index in [-0.39, 0.29) is 17.7 Å². The van der Waals surface area contributed by atoms with Gasteiger partial charge < -0.3 is 5.11 Å². The Labute approximate surface area is 85.8 Å². The number of rotatable bonds is 5. The highest BCUT2D eigenvalue weighted by Crippen LogP contribution is 2.27. The predicted octanol–water partition coefficient (Wildman–Crippen LogP) is 0.475. The summed E-state index contributed by atoms with van der Waals surface area (Å²) in [6.07, 6.45) is 1.50. The second kappa shape index (κ2) is 3.79. The Morgan fingerprint density at radius 1 is 1.50 bits per heavy atom. The third kappa shape index (κ3) is 2.93. The first-order valence-electron chi connectivity index (χ1n) is 4.96. The van der Waals surface area contributed by atoms with Gasteiger partial charge in [0.2, 0.25) is 10.0 Å². The van der Waals surface area contributed by atoms with Crippen LogP contribution in [0.2, 0.25) is 0 Å². The molecule has 0 amide bonds. The van der Waals surface area contributed by atoms with E-state index in [0.717, 1.165) is 12.8 Å². The van der Waals surface area contributed by atoms with E-state index in [0.29, 0.717) is 0 Å². The van der Waals surface area contributed by atoms with Gasteiger partial charge in [-0.3, -0.25) is 0 Å². The second-order valence-electron chi connectivity index (χ2n) is 4.58. The highest BCUT2D eigenvalue weighted by Gasteiger charge is 2.37. The normalized spacial score (nSPS) is 22.4. The molecule has 0 saturated heterocycles. The van der Waals surface area contributed by atoms with Crippen molar-refractivity contribution in [2.75, 3.05) is 6.54 Å². The summed E-state index contributed by atoms with van der Waals surface area (Å²) in [4.78, 5) is 0. The Hall–Kier alpha value is -0.130. The van der Waals surface area contributed by atoms with Crippen LogP contribution in [-0.2, 0) is 10.0 Å². The fourth-order valence-corrected chi connectivity index (χ4v) is 2.43. The zero-order valence-electron chi connectivity index (χ0n) is 8.95. The van der Waals surface area contributed by atoms with Crippen molar-refractivity contribution in [3.05, 3.63) is 0 Å². The molecule has 1 fully saturated rings. The Balaban J connectivity index is 2.47. The van der Waals surface area contributed by atoms with E-state index in [1.165, 1.54) is 0 Å². The molecule has 1 aliphatic rings. The second-order valence-corrected chi connectivity index (χ2v) is 6.62. The van der Waals surface area contributed by atoms with E-state index < -0.39 is 15.6 Å². The Bertz CT molecular complexity index is 291. The van der Waals surface area contributed by atoms with Crippen molar-refractivity contribution < 1.29 is 13.5 Å². The maximum atomic E-state index is 11.4. The van der Waals surface area contributed by atoms with Crippen LogP contribution in [0.3, 0.4) is 0 Å². The van der Waals surface area contributed by atoms with E-state index in [1.807, 2.05) is 13.8 Å². The van der Waals surface area contributed by atoms with Crippen LogP contribution in [0.25, 0.3) is 0 Å². The van der Waals surface area contributed by atoms with Crippen molar-refractivity contribution in [2.45, 2.75) is 44.5 Å². The molecule has 0 aromatic carbocycles. The Morgan fingerprint density at radius 3 is 2.36 bits per heavy atom. The average Bonchev–Trinajstić information content (AvgIpc) is 2.83. The number of nitrogens with one attached hydrogen (secondary N) is 1.